The van der Waals surface area contributed by atoms with Crippen molar-refractivity contribution in [3.63, 3.8) is 0 Å². The molecule has 18 heavy (non-hydrogen) atoms. The average Bonchev–Trinajstić information content (AvgIpc) is 2.38. The van der Waals surface area contributed by atoms with Gasteiger partial charge in [-0.05, 0) is 12.5 Å². The second kappa shape index (κ2) is 5.96. The Bertz CT molecular complexity index is 429. The first-order valence-electron chi connectivity index (χ1n) is 6.45. The molecule has 3 nitrogen and oxygen atoms in total. The average molecular weight is 249 g/mol. The monoisotopic (exact) mass is 249 g/mol. The van der Waals surface area contributed by atoms with Gasteiger partial charge in [-0.2, -0.15) is 0 Å². The molecule has 1 aliphatic rings. The van der Waals surface area contributed by atoms with E-state index >= 15 is 0 Å². The molecule has 1 aromatic heterocycles. The molecule has 0 radical (unpaired) electrons. The zero-order valence-corrected chi connectivity index (χ0v) is 11.0. The number of anilines is 1. The molecule has 1 aliphatic heterocycles. The van der Waals surface area contributed by atoms with Crippen molar-refractivity contribution in [1.82, 2.24) is 10.3 Å². The zero-order valence-electron chi connectivity index (χ0n) is 11.0. The van der Waals surface area contributed by atoms with E-state index in [1.807, 2.05) is 4.90 Å². The molecule has 0 unspecified atom stereocenters. The Morgan fingerprint density at radius 1 is 1.44 bits per heavy atom. The Morgan fingerprint density at radius 2 is 2.28 bits per heavy atom. The summed E-state index contributed by atoms with van der Waals surface area (Å²) in [4.78, 5) is 6.16. The Hall–Kier alpha value is -1.42. The Kier molecular flexibility index (Phi) is 4.31. The summed E-state index contributed by atoms with van der Waals surface area (Å²) in [5.74, 6) is 0.281. The fraction of sp³-hybridized carbons (Fsp3) is 0.500. The van der Waals surface area contributed by atoms with Gasteiger partial charge in [-0.15, -0.1) is 0 Å². The van der Waals surface area contributed by atoms with E-state index in [0.29, 0.717) is 24.0 Å². The molecule has 0 spiro atoms. The van der Waals surface area contributed by atoms with Crippen LogP contribution < -0.4 is 10.2 Å². The molecule has 0 bridgehead atoms. The topological polar surface area (TPSA) is 28.2 Å². The highest BCUT2D eigenvalue weighted by Gasteiger charge is 2.16. The van der Waals surface area contributed by atoms with Crippen molar-refractivity contribution in [2.75, 3.05) is 18.0 Å². The standard InChI is InChI=1S/C14H20FN3/c1-11(2)17-10-12-6-7-16-14(13(12)15)18-8-4-3-5-9-18/h3-4,6-7,11,17H,5,8-10H2,1-2H3. The zero-order chi connectivity index (χ0) is 13.0. The number of rotatable bonds is 4. The van der Waals surface area contributed by atoms with E-state index in [2.05, 4.69) is 36.3 Å². The van der Waals surface area contributed by atoms with Crippen LogP contribution in [0, 0.1) is 5.82 Å². The Balaban J connectivity index is 2.16. The Labute approximate surface area is 108 Å². The highest BCUT2D eigenvalue weighted by Crippen LogP contribution is 2.21. The summed E-state index contributed by atoms with van der Waals surface area (Å²) < 4.78 is 14.3. The normalized spacial score (nSPS) is 15.4. The lowest BCUT2D eigenvalue weighted by Gasteiger charge is -2.25. The fourth-order valence-corrected chi connectivity index (χ4v) is 1.98. The molecule has 0 atom stereocenters. The molecule has 1 N–H and O–H groups in total. The number of halogens is 1. The molecule has 1 aromatic rings. The van der Waals surface area contributed by atoms with Gasteiger partial charge < -0.3 is 10.2 Å². The van der Waals surface area contributed by atoms with Gasteiger partial charge in [-0.25, -0.2) is 9.37 Å². The van der Waals surface area contributed by atoms with Crippen LogP contribution in [-0.2, 0) is 6.54 Å². The number of pyridine rings is 1. The molecule has 4 heteroatoms. The van der Waals surface area contributed by atoms with Crippen LogP contribution in [0.15, 0.2) is 24.4 Å². The van der Waals surface area contributed by atoms with E-state index in [0.717, 1.165) is 19.5 Å². The number of hydrogen-bond donors (Lipinski definition) is 1. The predicted molar refractivity (Wildman–Crippen MR) is 72.1 cm³/mol. The fourth-order valence-electron chi connectivity index (χ4n) is 1.98. The number of aromatic nitrogens is 1. The molecule has 0 aliphatic carbocycles. The third kappa shape index (κ3) is 3.07. The first-order chi connectivity index (χ1) is 8.68. The minimum absolute atomic E-state index is 0.194. The minimum Gasteiger partial charge on any atom is -0.350 e. The number of nitrogens with one attached hydrogen (secondary N) is 1. The summed E-state index contributed by atoms with van der Waals surface area (Å²) in [5, 5.41) is 3.23. The quantitative estimate of drug-likeness (QED) is 0.831. The van der Waals surface area contributed by atoms with Crippen molar-refractivity contribution in [3.05, 3.63) is 35.8 Å². The maximum Gasteiger partial charge on any atom is 0.170 e. The van der Waals surface area contributed by atoms with Gasteiger partial charge in [0.05, 0.1) is 0 Å². The van der Waals surface area contributed by atoms with Crippen molar-refractivity contribution in [3.8, 4) is 0 Å². The van der Waals surface area contributed by atoms with Crippen LogP contribution in [0.2, 0.25) is 0 Å². The first-order valence-corrected chi connectivity index (χ1v) is 6.45. The lowest BCUT2D eigenvalue weighted by atomic mass is 10.2. The summed E-state index contributed by atoms with van der Waals surface area (Å²) >= 11 is 0. The lowest BCUT2D eigenvalue weighted by molar-refractivity contribution is 0.547. The van der Waals surface area contributed by atoms with Gasteiger partial charge in [-0.3, -0.25) is 0 Å². The van der Waals surface area contributed by atoms with Crippen LogP contribution in [0.5, 0.6) is 0 Å². The molecule has 0 fully saturated rings. The van der Waals surface area contributed by atoms with Gasteiger partial charge in [0.2, 0.25) is 0 Å². The molecule has 2 rings (SSSR count). The highest BCUT2D eigenvalue weighted by atomic mass is 19.1. The predicted octanol–water partition coefficient (Wildman–Crippen LogP) is 2.49. The van der Waals surface area contributed by atoms with Crippen LogP contribution >= 0.6 is 0 Å². The maximum atomic E-state index is 14.3. The second-order valence-electron chi connectivity index (χ2n) is 4.85. The van der Waals surface area contributed by atoms with Crippen LogP contribution in [0.1, 0.15) is 25.8 Å². The van der Waals surface area contributed by atoms with E-state index in [1.54, 1.807) is 12.3 Å². The minimum atomic E-state index is -0.194. The van der Waals surface area contributed by atoms with Crippen LogP contribution in [0.3, 0.4) is 0 Å². The largest absolute Gasteiger partial charge is 0.350 e. The summed E-state index contributed by atoms with van der Waals surface area (Å²) in [6.07, 6.45) is 6.83. The van der Waals surface area contributed by atoms with Crippen molar-refractivity contribution < 1.29 is 4.39 Å². The molecular formula is C14H20FN3. The molecule has 0 saturated heterocycles. The van der Waals surface area contributed by atoms with E-state index in [1.165, 1.54) is 0 Å². The van der Waals surface area contributed by atoms with Gasteiger partial charge in [-0.1, -0.05) is 26.0 Å². The third-order valence-electron chi connectivity index (χ3n) is 3.01. The van der Waals surface area contributed by atoms with E-state index < -0.39 is 0 Å². The van der Waals surface area contributed by atoms with E-state index in [4.69, 9.17) is 0 Å². The summed E-state index contributed by atoms with van der Waals surface area (Å²) in [6.45, 7) is 6.22. The van der Waals surface area contributed by atoms with Gasteiger partial charge in [0.1, 0.15) is 0 Å². The van der Waals surface area contributed by atoms with Crippen molar-refractivity contribution in [2.24, 2.45) is 0 Å². The van der Waals surface area contributed by atoms with Crippen LogP contribution in [0.25, 0.3) is 0 Å². The third-order valence-corrected chi connectivity index (χ3v) is 3.01. The Morgan fingerprint density at radius 3 is 2.94 bits per heavy atom. The smallest absolute Gasteiger partial charge is 0.170 e. The number of hydrogen-bond acceptors (Lipinski definition) is 3. The van der Waals surface area contributed by atoms with Crippen LogP contribution in [0.4, 0.5) is 10.2 Å². The molecule has 0 amide bonds. The second-order valence-corrected chi connectivity index (χ2v) is 4.85. The van der Waals surface area contributed by atoms with Crippen LogP contribution in [-0.4, -0.2) is 24.1 Å². The molecular weight excluding hydrogens is 229 g/mol. The van der Waals surface area contributed by atoms with Gasteiger partial charge in [0, 0.05) is 37.4 Å². The SMILES string of the molecule is CC(C)NCc1ccnc(N2CC=CCC2)c1F. The summed E-state index contributed by atoms with van der Waals surface area (Å²) in [7, 11) is 0. The van der Waals surface area contributed by atoms with Crippen molar-refractivity contribution in [2.45, 2.75) is 32.9 Å². The van der Waals surface area contributed by atoms with Crippen molar-refractivity contribution in [1.29, 1.82) is 0 Å². The molecule has 98 valence electrons. The van der Waals surface area contributed by atoms with Crippen molar-refractivity contribution >= 4 is 5.82 Å². The summed E-state index contributed by atoms with van der Waals surface area (Å²) in [6, 6.07) is 2.09. The molecule has 0 saturated carbocycles. The van der Waals surface area contributed by atoms with Gasteiger partial charge >= 0.3 is 0 Å². The highest BCUT2D eigenvalue weighted by molar-refractivity contribution is 5.44. The molecule has 0 aromatic carbocycles. The first kappa shape index (κ1) is 13.0. The maximum absolute atomic E-state index is 14.3. The number of nitrogens with zero attached hydrogens (tertiary/aromatic N) is 2. The van der Waals surface area contributed by atoms with E-state index in [-0.39, 0.29) is 5.82 Å². The van der Waals surface area contributed by atoms with E-state index in [9.17, 15) is 4.39 Å². The molecule has 2 heterocycles. The van der Waals surface area contributed by atoms with Gasteiger partial charge in [0.25, 0.3) is 0 Å². The lowest BCUT2D eigenvalue weighted by Crippen LogP contribution is -2.29. The van der Waals surface area contributed by atoms with Gasteiger partial charge in [0.15, 0.2) is 11.6 Å². The summed E-state index contributed by atoms with van der Waals surface area (Å²) in [5.41, 5.74) is 0.684.